The van der Waals surface area contributed by atoms with Crippen molar-refractivity contribution in [1.29, 1.82) is 0 Å². The Bertz CT molecular complexity index is 1040. The van der Waals surface area contributed by atoms with Gasteiger partial charge in [0.05, 0.1) is 23.9 Å². The molecule has 4 rings (SSSR count). The molecular formula is C21H20F5N5. The van der Waals surface area contributed by atoms with Crippen LogP contribution in [0.1, 0.15) is 24.5 Å². The minimum Gasteiger partial charge on any atom is -0.357 e. The first-order valence-corrected chi connectivity index (χ1v) is 9.67. The first-order valence-electron chi connectivity index (χ1n) is 9.67. The average Bonchev–Trinajstić information content (AvgIpc) is 2.96. The second kappa shape index (κ2) is 7.82. The van der Waals surface area contributed by atoms with E-state index in [1.54, 1.807) is 0 Å². The normalized spacial score (nSPS) is 16.6. The summed E-state index contributed by atoms with van der Waals surface area (Å²) in [5, 5.41) is 5.06. The molecule has 2 N–H and O–H groups in total. The Labute approximate surface area is 175 Å². The summed E-state index contributed by atoms with van der Waals surface area (Å²) >= 11 is 0. The Balaban J connectivity index is 1.51. The first kappa shape index (κ1) is 21.1. The van der Waals surface area contributed by atoms with Crippen LogP contribution in [0.15, 0.2) is 42.5 Å². The standard InChI is InChI=1S/C21H20F5N5/c1-11-15-6-13(22)7-18(23)17(15)8-16(11)19(21(24,25)26)30-12(2)29-14-9-27-20(28-10-14)31-4-3-5-31/h6-7,9-10,19,29-30H,2-5,8H2,1H3. The molecular weight excluding hydrogens is 417 g/mol. The number of aromatic nitrogens is 2. The summed E-state index contributed by atoms with van der Waals surface area (Å²) in [6.07, 6.45) is -0.964. The van der Waals surface area contributed by atoms with Crippen molar-refractivity contribution in [3.05, 3.63) is 65.3 Å². The van der Waals surface area contributed by atoms with E-state index in [0.717, 1.165) is 25.6 Å². The molecule has 0 saturated carbocycles. The summed E-state index contributed by atoms with van der Waals surface area (Å²) in [6.45, 7) is 6.79. The van der Waals surface area contributed by atoms with E-state index in [1.807, 2.05) is 4.90 Å². The Kier molecular flexibility index (Phi) is 5.32. The lowest BCUT2D eigenvalue weighted by Gasteiger charge is -2.30. The van der Waals surface area contributed by atoms with E-state index in [0.29, 0.717) is 17.7 Å². The molecule has 0 bridgehead atoms. The van der Waals surface area contributed by atoms with Gasteiger partial charge in [0.1, 0.15) is 17.7 Å². The van der Waals surface area contributed by atoms with Gasteiger partial charge in [-0.1, -0.05) is 6.58 Å². The van der Waals surface area contributed by atoms with Crippen LogP contribution in [0.2, 0.25) is 0 Å². The fourth-order valence-electron chi connectivity index (χ4n) is 3.75. The second-order valence-electron chi connectivity index (χ2n) is 7.58. The molecule has 2 aliphatic rings. The molecule has 5 nitrogen and oxygen atoms in total. The van der Waals surface area contributed by atoms with Gasteiger partial charge in [-0.3, -0.25) is 0 Å². The van der Waals surface area contributed by atoms with Gasteiger partial charge in [0.25, 0.3) is 0 Å². The number of halogens is 5. The number of allylic oxidation sites excluding steroid dienone is 1. The van der Waals surface area contributed by atoms with E-state index in [1.165, 1.54) is 19.3 Å². The third-order valence-electron chi connectivity index (χ3n) is 5.48. The quantitative estimate of drug-likeness (QED) is 0.657. The van der Waals surface area contributed by atoms with Crippen molar-refractivity contribution in [3.63, 3.8) is 0 Å². The third kappa shape index (κ3) is 4.19. The number of alkyl halides is 3. The fraction of sp³-hybridized carbons (Fsp3) is 0.333. The van der Waals surface area contributed by atoms with E-state index in [2.05, 4.69) is 27.2 Å². The Morgan fingerprint density at radius 1 is 1.16 bits per heavy atom. The third-order valence-corrected chi connectivity index (χ3v) is 5.48. The summed E-state index contributed by atoms with van der Waals surface area (Å²) in [4.78, 5) is 10.4. The van der Waals surface area contributed by atoms with Gasteiger partial charge < -0.3 is 15.5 Å². The molecule has 1 atom stereocenters. The van der Waals surface area contributed by atoms with Gasteiger partial charge >= 0.3 is 6.18 Å². The minimum atomic E-state index is -4.68. The minimum absolute atomic E-state index is 0.0542. The number of hydrogen-bond acceptors (Lipinski definition) is 5. The van der Waals surface area contributed by atoms with Crippen molar-refractivity contribution in [2.45, 2.75) is 32.0 Å². The summed E-state index contributed by atoms with van der Waals surface area (Å²) in [5.41, 5.74) is 0.685. The largest absolute Gasteiger partial charge is 0.412 e. The predicted octanol–water partition coefficient (Wildman–Crippen LogP) is 4.40. The highest BCUT2D eigenvalue weighted by Crippen LogP contribution is 2.40. The molecule has 1 saturated heterocycles. The van der Waals surface area contributed by atoms with Crippen molar-refractivity contribution in [2.75, 3.05) is 23.3 Å². The maximum atomic E-state index is 14.1. The zero-order valence-electron chi connectivity index (χ0n) is 16.7. The fourth-order valence-corrected chi connectivity index (χ4v) is 3.75. The second-order valence-corrected chi connectivity index (χ2v) is 7.58. The molecule has 1 aromatic carbocycles. The number of fused-ring (bicyclic) bond motifs is 1. The molecule has 1 aromatic heterocycles. The Morgan fingerprint density at radius 3 is 2.42 bits per heavy atom. The molecule has 1 unspecified atom stereocenters. The summed E-state index contributed by atoms with van der Waals surface area (Å²) in [5.74, 6) is -1.25. The maximum Gasteiger partial charge on any atom is 0.412 e. The van der Waals surface area contributed by atoms with Crippen LogP contribution in [0.25, 0.3) is 5.57 Å². The monoisotopic (exact) mass is 437 g/mol. The van der Waals surface area contributed by atoms with Crippen LogP contribution in [0.3, 0.4) is 0 Å². The number of nitrogens with one attached hydrogen (secondary N) is 2. The molecule has 2 aromatic rings. The van der Waals surface area contributed by atoms with Gasteiger partial charge in [0.15, 0.2) is 0 Å². The van der Waals surface area contributed by atoms with Crippen LogP contribution in [0.4, 0.5) is 33.6 Å². The number of anilines is 2. The topological polar surface area (TPSA) is 53.1 Å². The van der Waals surface area contributed by atoms with Crippen LogP contribution in [-0.2, 0) is 6.42 Å². The van der Waals surface area contributed by atoms with Crippen molar-refractivity contribution in [3.8, 4) is 0 Å². The van der Waals surface area contributed by atoms with Gasteiger partial charge in [-0.2, -0.15) is 13.2 Å². The highest BCUT2D eigenvalue weighted by Gasteiger charge is 2.45. The number of benzene rings is 1. The van der Waals surface area contributed by atoms with Crippen molar-refractivity contribution in [1.82, 2.24) is 15.3 Å². The van der Waals surface area contributed by atoms with Crippen LogP contribution in [0, 0.1) is 11.6 Å². The molecule has 0 radical (unpaired) electrons. The van der Waals surface area contributed by atoms with Crippen molar-refractivity contribution in [2.24, 2.45) is 0 Å². The maximum absolute atomic E-state index is 14.1. The van der Waals surface area contributed by atoms with Crippen LogP contribution in [-0.4, -0.2) is 35.3 Å². The van der Waals surface area contributed by atoms with Crippen LogP contribution < -0.4 is 15.5 Å². The number of nitrogens with zero attached hydrogens (tertiary/aromatic N) is 3. The average molecular weight is 437 g/mol. The SMILES string of the molecule is C=C(Nc1cnc(N2CCC2)nc1)NC(C1=C(C)c2cc(F)cc(F)c2C1)C(F)(F)F. The Hall–Kier alpha value is -3.17. The molecule has 164 valence electrons. The molecule has 31 heavy (non-hydrogen) atoms. The smallest absolute Gasteiger partial charge is 0.357 e. The van der Waals surface area contributed by atoms with Crippen molar-refractivity contribution >= 4 is 17.2 Å². The van der Waals surface area contributed by atoms with Crippen LogP contribution in [0.5, 0.6) is 0 Å². The van der Waals surface area contributed by atoms with E-state index in [4.69, 9.17) is 0 Å². The van der Waals surface area contributed by atoms with Crippen LogP contribution >= 0.6 is 0 Å². The van der Waals surface area contributed by atoms with E-state index in [-0.39, 0.29) is 34.5 Å². The predicted molar refractivity (Wildman–Crippen MR) is 107 cm³/mol. The van der Waals surface area contributed by atoms with Gasteiger partial charge in [0.2, 0.25) is 5.95 Å². The summed E-state index contributed by atoms with van der Waals surface area (Å²) in [7, 11) is 0. The molecule has 1 aliphatic carbocycles. The van der Waals surface area contributed by atoms with E-state index in [9.17, 15) is 22.0 Å². The highest BCUT2D eigenvalue weighted by atomic mass is 19.4. The van der Waals surface area contributed by atoms with E-state index < -0.39 is 23.9 Å². The lowest BCUT2D eigenvalue weighted by Crippen LogP contribution is -2.44. The number of rotatable bonds is 6. The lowest BCUT2D eigenvalue weighted by molar-refractivity contribution is -0.145. The molecule has 0 amide bonds. The van der Waals surface area contributed by atoms with Gasteiger partial charge in [-0.15, -0.1) is 0 Å². The zero-order chi connectivity index (χ0) is 22.3. The highest BCUT2D eigenvalue weighted by molar-refractivity contribution is 5.76. The summed E-state index contributed by atoms with van der Waals surface area (Å²) < 4.78 is 69.3. The van der Waals surface area contributed by atoms with Gasteiger partial charge in [0, 0.05) is 19.2 Å². The molecule has 0 spiro atoms. The van der Waals surface area contributed by atoms with Gasteiger partial charge in [-0.25, -0.2) is 18.7 Å². The molecule has 1 fully saturated rings. The molecule has 10 heteroatoms. The lowest BCUT2D eigenvalue weighted by atomic mass is 10.0. The number of hydrogen-bond donors (Lipinski definition) is 2. The van der Waals surface area contributed by atoms with Gasteiger partial charge in [-0.05, 0) is 48.1 Å². The molecule has 2 heterocycles. The first-order chi connectivity index (χ1) is 14.6. The summed E-state index contributed by atoms with van der Waals surface area (Å²) in [6, 6.07) is -0.392. The van der Waals surface area contributed by atoms with E-state index >= 15 is 0 Å². The van der Waals surface area contributed by atoms with Crippen molar-refractivity contribution < 1.29 is 22.0 Å². The molecule has 1 aliphatic heterocycles. The zero-order valence-corrected chi connectivity index (χ0v) is 16.7. The Morgan fingerprint density at radius 2 is 1.84 bits per heavy atom.